The first-order chi connectivity index (χ1) is 14.4. The van der Waals surface area contributed by atoms with Crippen molar-refractivity contribution in [3.63, 3.8) is 0 Å². The summed E-state index contributed by atoms with van der Waals surface area (Å²) in [6.45, 7) is 3.07. The van der Waals surface area contributed by atoms with E-state index in [2.05, 4.69) is 5.32 Å². The standard InChI is InChI=1S/C23H30N2O4S/c1-18-11-13-22(14-12-18)30(27,28)25(2)20-8-5-7-19(17-20)23(26)24-15-6-16-29-21-9-3-4-10-21/h5,7-8,11-14,17,21H,3-4,6,9-10,15-16H2,1-2H3,(H,24,26). The lowest BCUT2D eigenvalue weighted by Crippen LogP contribution is -2.28. The van der Waals surface area contributed by atoms with E-state index in [1.807, 2.05) is 6.92 Å². The molecular formula is C23H30N2O4S. The second kappa shape index (κ2) is 10.1. The summed E-state index contributed by atoms with van der Waals surface area (Å²) in [4.78, 5) is 12.7. The summed E-state index contributed by atoms with van der Waals surface area (Å²) in [7, 11) is -2.21. The summed E-state index contributed by atoms with van der Waals surface area (Å²) in [6, 6.07) is 13.3. The fourth-order valence-electron chi connectivity index (χ4n) is 3.53. The molecule has 1 fully saturated rings. The van der Waals surface area contributed by atoms with E-state index in [1.165, 1.54) is 24.2 Å². The molecule has 162 valence electrons. The Bertz CT molecular complexity index is 951. The molecule has 30 heavy (non-hydrogen) atoms. The molecule has 0 spiro atoms. The van der Waals surface area contributed by atoms with Gasteiger partial charge in [-0.15, -0.1) is 0 Å². The third-order valence-corrected chi connectivity index (χ3v) is 7.21. The van der Waals surface area contributed by atoms with Crippen LogP contribution in [0.15, 0.2) is 53.4 Å². The minimum Gasteiger partial charge on any atom is -0.378 e. The molecule has 0 heterocycles. The second-order valence-corrected chi connectivity index (χ2v) is 9.69. The van der Waals surface area contributed by atoms with Gasteiger partial charge in [0.1, 0.15) is 0 Å². The quantitative estimate of drug-likeness (QED) is 0.612. The first kappa shape index (κ1) is 22.3. The van der Waals surface area contributed by atoms with Crippen molar-refractivity contribution < 1.29 is 17.9 Å². The number of anilines is 1. The Hall–Kier alpha value is -2.38. The van der Waals surface area contributed by atoms with Crippen LogP contribution in [0.5, 0.6) is 0 Å². The Morgan fingerprint density at radius 2 is 1.83 bits per heavy atom. The van der Waals surface area contributed by atoms with E-state index in [0.29, 0.717) is 30.5 Å². The minimum absolute atomic E-state index is 0.215. The molecule has 0 bridgehead atoms. The van der Waals surface area contributed by atoms with E-state index >= 15 is 0 Å². The Labute approximate surface area is 179 Å². The molecule has 0 unspecified atom stereocenters. The zero-order valence-electron chi connectivity index (χ0n) is 17.6. The van der Waals surface area contributed by atoms with Crippen molar-refractivity contribution in [1.29, 1.82) is 0 Å². The summed E-state index contributed by atoms with van der Waals surface area (Å²) < 4.78 is 32.8. The average Bonchev–Trinajstić information content (AvgIpc) is 3.26. The zero-order chi connectivity index (χ0) is 21.6. The highest BCUT2D eigenvalue weighted by atomic mass is 32.2. The molecule has 0 aromatic heterocycles. The number of carbonyl (C=O) groups excluding carboxylic acids is 1. The van der Waals surface area contributed by atoms with Crippen LogP contribution in [0, 0.1) is 6.92 Å². The van der Waals surface area contributed by atoms with E-state index in [0.717, 1.165) is 24.8 Å². The topological polar surface area (TPSA) is 75.7 Å². The number of sulfonamides is 1. The summed E-state index contributed by atoms with van der Waals surface area (Å²) in [6.07, 6.45) is 5.89. The predicted molar refractivity (Wildman–Crippen MR) is 118 cm³/mol. The summed E-state index contributed by atoms with van der Waals surface area (Å²) in [5.41, 5.74) is 1.85. The third-order valence-electron chi connectivity index (χ3n) is 5.41. The molecule has 2 aromatic carbocycles. The van der Waals surface area contributed by atoms with Gasteiger partial charge in [-0.3, -0.25) is 9.10 Å². The molecular weight excluding hydrogens is 400 g/mol. The number of amides is 1. The molecule has 0 saturated heterocycles. The molecule has 2 aromatic rings. The number of nitrogens with one attached hydrogen (secondary N) is 1. The van der Waals surface area contributed by atoms with E-state index in [9.17, 15) is 13.2 Å². The molecule has 1 aliphatic carbocycles. The molecule has 1 aliphatic rings. The van der Waals surface area contributed by atoms with Crippen molar-refractivity contribution in [2.75, 3.05) is 24.5 Å². The molecule has 0 aliphatic heterocycles. The molecule has 0 atom stereocenters. The van der Waals surface area contributed by atoms with Gasteiger partial charge < -0.3 is 10.1 Å². The largest absolute Gasteiger partial charge is 0.378 e. The molecule has 1 amide bonds. The second-order valence-electron chi connectivity index (χ2n) is 7.72. The van der Waals surface area contributed by atoms with Crippen molar-refractivity contribution in [3.8, 4) is 0 Å². The molecule has 1 saturated carbocycles. The number of hydrogen-bond donors (Lipinski definition) is 1. The Morgan fingerprint density at radius 1 is 1.13 bits per heavy atom. The molecule has 7 heteroatoms. The van der Waals surface area contributed by atoms with Gasteiger partial charge >= 0.3 is 0 Å². The van der Waals surface area contributed by atoms with Gasteiger partial charge in [-0.1, -0.05) is 36.6 Å². The van der Waals surface area contributed by atoms with Crippen LogP contribution in [-0.4, -0.2) is 40.6 Å². The highest BCUT2D eigenvalue weighted by Gasteiger charge is 2.22. The number of benzene rings is 2. The SMILES string of the molecule is Cc1ccc(S(=O)(=O)N(C)c2cccc(C(=O)NCCCOC3CCCC3)c2)cc1. The van der Waals surface area contributed by atoms with Gasteiger partial charge in [0, 0.05) is 25.8 Å². The van der Waals surface area contributed by atoms with Crippen LogP contribution >= 0.6 is 0 Å². The van der Waals surface area contributed by atoms with Gasteiger partial charge in [0.25, 0.3) is 15.9 Å². The lowest BCUT2D eigenvalue weighted by molar-refractivity contribution is 0.0565. The first-order valence-electron chi connectivity index (χ1n) is 10.4. The van der Waals surface area contributed by atoms with Crippen LogP contribution in [0.2, 0.25) is 0 Å². The van der Waals surface area contributed by atoms with Crippen molar-refractivity contribution in [2.45, 2.75) is 50.0 Å². The minimum atomic E-state index is -3.70. The molecule has 0 radical (unpaired) electrons. The van der Waals surface area contributed by atoms with Crippen LogP contribution in [0.1, 0.15) is 48.0 Å². The molecule has 3 rings (SSSR count). The van der Waals surface area contributed by atoms with E-state index in [-0.39, 0.29) is 10.8 Å². The predicted octanol–water partition coefficient (Wildman–Crippen LogP) is 3.90. The van der Waals surface area contributed by atoms with Gasteiger partial charge in [-0.2, -0.15) is 0 Å². The van der Waals surface area contributed by atoms with Gasteiger partial charge in [0.05, 0.1) is 16.7 Å². The molecule has 6 nitrogen and oxygen atoms in total. The summed E-state index contributed by atoms with van der Waals surface area (Å²) >= 11 is 0. The Kier molecular flexibility index (Phi) is 7.50. The van der Waals surface area contributed by atoms with E-state index in [4.69, 9.17) is 4.74 Å². The third kappa shape index (κ3) is 5.61. The smallest absolute Gasteiger partial charge is 0.264 e. The number of rotatable bonds is 9. The number of aryl methyl sites for hydroxylation is 1. The lowest BCUT2D eigenvalue weighted by atomic mass is 10.2. The van der Waals surface area contributed by atoms with Gasteiger partial charge in [-0.25, -0.2) is 8.42 Å². The fraction of sp³-hybridized carbons (Fsp3) is 0.435. The normalized spacial score (nSPS) is 14.6. The van der Waals surface area contributed by atoms with Gasteiger partial charge in [0.2, 0.25) is 0 Å². The van der Waals surface area contributed by atoms with Crippen LogP contribution in [0.4, 0.5) is 5.69 Å². The van der Waals surface area contributed by atoms with Gasteiger partial charge in [0.15, 0.2) is 0 Å². The van der Waals surface area contributed by atoms with E-state index < -0.39 is 10.0 Å². The Balaban J connectivity index is 1.57. The highest BCUT2D eigenvalue weighted by Crippen LogP contribution is 2.23. The highest BCUT2D eigenvalue weighted by molar-refractivity contribution is 7.92. The van der Waals surface area contributed by atoms with Crippen molar-refractivity contribution in [1.82, 2.24) is 5.32 Å². The van der Waals surface area contributed by atoms with Crippen LogP contribution < -0.4 is 9.62 Å². The number of nitrogens with zero attached hydrogens (tertiary/aromatic N) is 1. The van der Waals surface area contributed by atoms with Crippen molar-refractivity contribution >= 4 is 21.6 Å². The number of ether oxygens (including phenoxy) is 1. The number of hydrogen-bond acceptors (Lipinski definition) is 4. The fourth-order valence-corrected chi connectivity index (χ4v) is 4.72. The average molecular weight is 431 g/mol. The maximum absolute atomic E-state index is 12.9. The summed E-state index contributed by atoms with van der Waals surface area (Å²) in [5, 5.41) is 2.88. The monoisotopic (exact) mass is 430 g/mol. The maximum atomic E-state index is 12.9. The maximum Gasteiger partial charge on any atom is 0.264 e. The first-order valence-corrected chi connectivity index (χ1v) is 11.9. The van der Waals surface area contributed by atoms with Crippen LogP contribution in [0.25, 0.3) is 0 Å². The van der Waals surface area contributed by atoms with Crippen molar-refractivity contribution in [3.05, 3.63) is 59.7 Å². The van der Waals surface area contributed by atoms with Gasteiger partial charge in [-0.05, 0) is 56.5 Å². The van der Waals surface area contributed by atoms with Crippen molar-refractivity contribution in [2.24, 2.45) is 0 Å². The number of carbonyl (C=O) groups is 1. The lowest BCUT2D eigenvalue weighted by Gasteiger charge is -2.20. The van der Waals surface area contributed by atoms with E-state index in [1.54, 1.807) is 48.5 Å². The molecule has 1 N–H and O–H groups in total. The van der Waals surface area contributed by atoms with Crippen LogP contribution in [-0.2, 0) is 14.8 Å². The van der Waals surface area contributed by atoms with Crippen LogP contribution in [0.3, 0.4) is 0 Å². The zero-order valence-corrected chi connectivity index (χ0v) is 18.5. The summed E-state index contributed by atoms with van der Waals surface area (Å²) in [5.74, 6) is -0.223. The Morgan fingerprint density at radius 3 is 2.53 bits per heavy atom.